The van der Waals surface area contributed by atoms with Crippen LogP contribution in [0.2, 0.25) is 0 Å². The average molecular weight is 466 g/mol. The van der Waals surface area contributed by atoms with Gasteiger partial charge in [-0.25, -0.2) is 15.0 Å². The number of benzene rings is 2. The molecule has 1 aromatic heterocycles. The van der Waals surface area contributed by atoms with Crippen molar-refractivity contribution in [1.82, 2.24) is 14.9 Å². The second kappa shape index (κ2) is 9.33. The Balaban J connectivity index is 1.49. The van der Waals surface area contributed by atoms with E-state index in [1.165, 1.54) is 18.3 Å². The van der Waals surface area contributed by atoms with Gasteiger partial charge in [0, 0.05) is 22.9 Å². The second-order valence-electron chi connectivity index (χ2n) is 9.16. The number of nitrogens with two attached hydrogens (primary N) is 1. The number of aryl methyl sites for hydroxylation is 1. The van der Waals surface area contributed by atoms with Gasteiger partial charge in [-0.1, -0.05) is 56.0 Å². The Labute approximate surface area is 206 Å². The minimum absolute atomic E-state index is 0.191. The van der Waals surface area contributed by atoms with Gasteiger partial charge in [-0.15, -0.1) is 0 Å². The molecule has 1 aliphatic carbocycles. The van der Waals surface area contributed by atoms with Crippen molar-refractivity contribution < 1.29 is 0 Å². The molecule has 0 bridgehead atoms. The summed E-state index contributed by atoms with van der Waals surface area (Å²) in [5, 5.41) is 12.4. The van der Waals surface area contributed by atoms with Gasteiger partial charge in [0.05, 0.1) is 23.0 Å². The summed E-state index contributed by atoms with van der Waals surface area (Å²) in [5.74, 6) is 1.70. The zero-order chi connectivity index (χ0) is 24.5. The Morgan fingerprint density at radius 1 is 1.17 bits per heavy atom. The highest BCUT2D eigenvalue weighted by molar-refractivity contribution is 6.16. The second-order valence-corrected chi connectivity index (χ2v) is 9.16. The van der Waals surface area contributed by atoms with E-state index < -0.39 is 0 Å². The van der Waals surface area contributed by atoms with Crippen LogP contribution in [0.3, 0.4) is 0 Å². The number of amidine groups is 1. The number of anilines is 2. The molecule has 3 aromatic rings. The maximum Gasteiger partial charge on any atom is 0.141 e. The zero-order valence-corrected chi connectivity index (χ0v) is 20.3. The Hall–Kier alpha value is -4.00. The van der Waals surface area contributed by atoms with Gasteiger partial charge in [0.1, 0.15) is 23.8 Å². The molecule has 7 nitrogen and oxygen atoms in total. The Morgan fingerprint density at radius 2 is 1.91 bits per heavy atom. The van der Waals surface area contributed by atoms with E-state index in [0.29, 0.717) is 17.4 Å². The molecule has 4 N–H and O–H groups in total. The van der Waals surface area contributed by atoms with Crippen LogP contribution in [-0.4, -0.2) is 38.5 Å². The highest BCUT2D eigenvalue weighted by Crippen LogP contribution is 2.39. The molecular formula is C28H31N7. The zero-order valence-electron chi connectivity index (χ0n) is 20.3. The monoisotopic (exact) mass is 465 g/mol. The van der Waals surface area contributed by atoms with Gasteiger partial charge in [0.2, 0.25) is 0 Å². The molecule has 1 aliphatic heterocycles. The van der Waals surface area contributed by atoms with E-state index in [-0.39, 0.29) is 17.6 Å². The Kier molecular flexibility index (Phi) is 6.07. The molecule has 1 fully saturated rings. The maximum absolute atomic E-state index is 8.89. The molecule has 0 saturated heterocycles. The number of rotatable bonds is 7. The van der Waals surface area contributed by atoms with E-state index in [1.807, 2.05) is 42.5 Å². The van der Waals surface area contributed by atoms with Gasteiger partial charge in [-0.2, -0.15) is 0 Å². The van der Waals surface area contributed by atoms with E-state index in [9.17, 15) is 0 Å². The minimum Gasteiger partial charge on any atom is -0.383 e. The van der Waals surface area contributed by atoms with Crippen molar-refractivity contribution in [3.05, 3.63) is 83.7 Å². The Morgan fingerprint density at radius 3 is 2.60 bits per heavy atom. The summed E-state index contributed by atoms with van der Waals surface area (Å²) in [7, 11) is 0. The number of hydrogen-bond donors (Lipinski definition) is 3. The first-order valence-corrected chi connectivity index (χ1v) is 12.2. The standard InChI is InChI=1S/C28H31N7/c1-4-19-12-14-20(15-13-19)25(29)24-26(30)31-16-32-27(24)33-17(2)28-34-23-11-6-5-10-22(23)18(3)35(28)21-8-7-9-21/h5-6,10-17,21,29H,3-4,7-9H2,1-2H3,(H3,30,31,32,33). The van der Waals surface area contributed by atoms with Crippen molar-refractivity contribution >= 4 is 34.6 Å². The number of aromatic nitrogens is 2. The van der Waals surface area contributed by atoms with Crippen LogP contribution in [0.1, 0.15) is 55.4 Å². The van der Waals surface area contributed by atoms with E-state index >= 15 is 0 Å². The fourth-order valence-electron chi connectivity index (χ4n) is 4.69. The van der Waals surface area contributed by atoms with Crippen LogP contribution < -0.4 is 11.1 Å². The molecule has 2 aromatic carbocycles. The maximum atomic E-state index is 8.89. The fraction of sp³-hybridized carbons (Fsp3) is 0.286. The highest BCUT2D eigenvalue weighted by atomic mass is 15.3. The molecule has 0 radical (unpaired) electrons. The van der Waals surface area contributed by atoms with Gasteiger partial charge in [-0.3, -0.25) is 5.41 Å². The largest absolute Gasteiger partial charge is 0.383 e. The third kappa shape index (κ3) is 4.18. The van der Waals surface area contributed by atoms with Gasteiger partial charge in [0.25, 0.3) is 0 Å². The van der Waals surface area contributed by atoms with Crippen molar-refractivity contribution in [2.45, 2.75) is 51.6 Å². The van der Waals surface area contributed by atoms with Crippen LogP contribution in [-0.2, 0) is 6.42 Å². The summed E-state index contributed by atoms with van der Waals surface area (Å²) >= 11 is 0. The smallest absolute Gasteiger partial charge is 0.141 e. The normalized spacial score (nSPS) is 16.2. The fourth-order valence-corrected chi connectivity index (χ4v) is 4.69. The molecule has 1 saturated carbocycles. The number of aliphatic imine (C=N–C) groups is 1. The highest BCUT2D eigenvalue weighted by Gasteiger charge is 2.35. The molecule has 0 spiro atoms. The summed E-state index contributed by atoms with van der Waals surface area (Å²) in [5.41, 5.74) is 12.0. The van der Waals surface area contributed by atoms with Gasteiger partial charge < -0.3 is 16.0 Å². The lowest BCUT2D eigenvalue weighted by molar-refractivity contribution is 0.267. The van der Waals surface area contributed by atoms with Crippen LogP contribution in [0.5, 0.6) is 0 Å². The van der Waals surface area contributed by atoms with Crippen molar-refractivity contribution in [3.8, 4) is 0 Å². The number of nitrogens with one attached hydrogen (secondary N) is 2. The molecule has 2 aliphatic rings. The lowest BCUT2D eigenvalue weighted by Crippen LogP contribution is -2.49. The molecule has 7 heteroatoms. The topological polar surface area (TPSA) is 103 Å². The summed E-state index contributed by atoms with van der Waals surface area (Å²) in [6, 6.07) is 16.3. The molecule has 0 amide bonds. The van der Waals surface area contributed by atoms with E-state index in [1.54, 1.807) is 0 Å². The van der Waals surface area contributed by atoms with Gasteiger partial charge >= 0.3 is 0 Å². The first-order valence-electron chi connectivity index (χ1n) is 12.2. The quantitative estimate of drug-likeness (QED) is 0.405. The van der Waals surface area contributed by atoms with Crippen LogP contribution in [0.15, 0.2) is 66.4 Å². The third-order valence-corrected chi connectivity index (χ3v) is 6.95. The van der Waals surface area contributed by atoms with E-state index in [2.05, 4.69) is 46.7 Å². The predicted molar refractivity (Wildman–Crippen MR) is 143 cm³/mol. The Bertz CT molecular complexity index is 1310. The van der Waals surface area contributed by atoms with Crippen molar-refractivity contribution in [2.75, 3.05) is 11.1 Å². The molecule has 2 heterocycles. The number of hydrogen-bond acceptors (Lipinski definition) is 7. The summed E-state index contributed by atoms with van der Waals surface area (Å²) in [4.78, 5) is 16.0. The van der Waals surface area contributed by atoms with E-state index in [0.717, 1.165) is 47.6 Å². The summed E-state index contributed by atoms with van der Waals surface area (Å²) in [6.07, 6.45) is 5.84. The lowest BCUT2D eigenvalue weighted by atomic mass is 9.89. The lowest BCUT2D eigenvalue weighted by Gasteiger charge is -2.44. The molecule has 5 rings (SSSR count). The number of nitrogen functional groups attached to an aromatic ring is 1. The molecular weight excluding hydrogens is 434 g/mol. The van der Waals surface area contributed by atoms with Crippen molar-refractivity contribution in [2.24, 2.45) is 4.99 Å². The molecule has 1 atom stereocenters. The van der Waals surface area contributed by atoms with Crippen molar-refractivity contribution in [1.29, 1.82) is 5.41 Å². The minimum atomic E-state index is -0.191. The number of nitrogens with zero attached hydrogens (tertiary/aromatic N) is 4. The van der Waals surface area contributed by atoms with Crippen LogP contribution in [0.4, 0.5) is 17.3 Å². The average Bonchev–Trinajstić information content (AvgIpc) is 2.84. The van der Waals surface area contributed by atoms with Crippen molar-refractivity contribution in [3.63, 3.8) is 0 Å². The SMILES string of the molecule is C=C1c2ccccc2N=C(C(C)Nc2ncnc(N)c2C(=N)c2ccc(CC)cc2)N1C1CCC1. The molecule has 1 unspecified atom stereocenters. The first kappa shape index (κ1) is 22.8. The van der Waals surface area contributed by atoms with Crippen LogP contribution in [0.25, 0.3) is 5.70 Å². The van der Waals surface area contributed by atoms with Gasteiger partial charge in [0.15, 0.2) is 0 Å². The van der Waals surface area contributed by atoms with Crippen LogP contribution >= 0.6 is 0 Å². The number of fused-ring (bicyclic) bond motifs is 1. The van der Waals surface area contributed by atoms with Crippen LogP contribution in [0, 0.1) is 5.41 Å². The summed E-state index contributed by atoms with van der Waals surface area (Å²) in [6.45, 7) is 8.61. The third-order valence-electron chi connectivity index (χ3n) is 6.95. The molecule has 178 valence electrons. The van der Waals surface area contributed by atoms with Gasteiger partial charge in [-0.05, 0) is 44.2 Å². The van der Waals surface area contributed by atoms with E-state index in [4.69, 9.17) is 16.1 Å². The number of para-hydroxylation sites is 1. The molecule has 35 heavy (non-hydrogen) atoms. The predicted octanol–water partition coefficient (Wildman–Crippen LogP) is 5.41. The summed E-state index contributed by atoms with van der Waals surface area (Å²) < 4.78 is 0. The first-order chi connectivity index (χ1) is 17.0.